The summed E-state index contributed by atoms with van der Waals surface area (Å²) in [5.41, 5.74) is 2.87. The van der Waals surface area contributed by atoms with Crippen LogP contribution in [-0.4, -0.2) is 76.8 Å². The highest BCUT2D eigenvalue weighted by atomic mass is 16.7. The van der Waals surface area contributed by atoms with Gasteiger partial charge in [0.05, 0.1) is 0 Å². The molecule has 2 rings (SSSR count). The topological polar surface area (TPSA) is 181 Å². The maximum atomic E-state index is 11.2. The Morgan fingerprint density at radius 1 is 1.17 bits per heavy atom. The summed E-state index contributed by atoms with van der Waals surface area (Å²) in [7, 11) is 1.23. The number of benzene rings is 1. The monoisotopic (exact) mass is 413 g/mol. The van der Waals surface area contributed by atoms with Gasteiger partial charge in [0.25, 0.3) is 0 Å². The third-order valence-corrected chi connectivity index (χ3v) is 3.85. The minimum absolute atomic E-state index is 0.0467. The lowest BCUT2D eigenvalue weighted by Gasteiger charge is -2.38. The molecular formula is C16H20BNO11. The Balaban J connectivity index is 2.25. The summed E-state index contributed by atoms with van der Waals surface area (Å²) in [6.45, 7) is 1.05. The fourth-order valence-electron chi connectivity index (χ4n) is 2.44. The Kier molecular flexibility index (Phi) is 7.39. The van der Waals surface area contributed by atoms with E-state index in [9.17, 15) is 29.7 Å². The summed E-state index contributed by atoms with van der Waals surface area (Å²) in [6, 6.07) is 4.26. The quantitative estimate of drug-likeness (QED) is 0.248. The molecule has 5 unspecified atom stereocenters. The summed E-state index contributed by atoms with van der Waals surface area (Å²) in [6.07, 6.45) is -8.99. The van der Waals surface area contributed by atoms with Crippen molar-refractivity contribution in [3.05, 3.63) is 23.8 Å². The Morgan fingerprint density at radius 3 is 2.45 bits per heavy atom. The predicted molar refractivity (Wildman–Crippen MR) is 95.5 cm³/mol. The second-order valence-corrected chi connectivity index (χ2v) is 6.16. The van der Waals surface area contributed by atoms with E-state index in [1.54, 1.807) is 0 Å². The number of aliphatic hydroxyl groups excluding tert-OH is 3. The van der Waals surface area contributed by atoms with Crippen LogP contribution >= 0.6 is 0 Å². The molecule has 29 heavy (non-hydrogen) atoms. The number of rotatable bonds is 7. The Labute approximate surface area is 165 Å². The highest BCUT2D eigenvalue weighted by molar-refractivity contribution is 6.55. The van der Waals surface area contributed by atoms with Gasteiger partial charge in [-0.05, 0) is 17.7 Å². The number of ether oxygens (including phenoxy) is 3. The van der Waals surface area contributed by atoms with E-state index in [0.717, 1.165) is 6.92 Å². The average Bonchev–Trinajstić information content (AvgIpc) is 2.65. The van der Waals surface area contributed by atoms with E-state index >= 15 is 0 Å². The Morgan fingerprint density at radius 2 is 1.86 bits per heavy atom. The molecule has 0 aromatic heterocycles. The third kappa shape index (κ3) is 5.81. The Hall–Kier alpha value is -2.87. The maximum absolute atomic E-state index is 11.2. The van der Waals surface area contributed by atoms with Crippen molar-refractivity contribution in [3.63, 3.8) is 0 Å². The zero-order chi connectivity index (χ0) is 21.7. The van der Waals surface area contributed by atoms with E-state index in [0.29, 0.717) is 5.56 Å². The molecule has 0 spiro atoms. The van der Waals surface area contributed by atoms with Crippen molar-refractivity contribution in [1.82, 2.24) is 0 Å². The first kappa shape index (κ1) is 22.4. The number of anilines is 1. The van der Waals surface area contributed by atoms with Gasteiger partial charge in [-0.25, -0.2) is 10.3 Å². The van der Waals surface area contributed by atoms with Gasteiger partial charge >= 0.3 is 11.9 Å². The lowest BCUT2D eigenvalue weighted by Crippen LogP contribution is -2.61. The van der Waals surface area contributed by atoms with Gasteiger partial charge in [0.1, 0.15) is 36.4 Å². The number of carbonyl (C=O) groups is 3. The summed E-state index contributed by atoms with van der Waals surface area (Å²) in [4.78, 5) is 37.9. The zero-order valence-electron chi connectivity index (χ0n) is 15.5. The van der Waals surface area contributed by atoms with E-state index in [2.05, 4.69) is 5.48 Å². The van der Waals surface area contributed by atoms with Gasteiger partial charge in [0, 0.05) is 6.92 Å². The third-order valence-electron chi connectivity index (χ3n) is 3.85. The molecule has 0 saturated carbocycles. The molecule has 1 aliphatic rings. The molecule has 0 aliphatic carbocycles. The smallest absolute Gasteiger partial charge is 0.335 e. The van der Waals surface area contributed by atoms with E-state index in [-0.39, 0.29) is 18.0 Å². The van der Waals surface area contributed by atoms with Crippen molar-refractivity contribution in [1.29, 1.82) is 0 Å². The number of hydrogen-bond acceptors (Lipinski definition) is 11. The molecular weight excluding hydrogens is 393 g/mol. The number of nitrogens with one attached hydrogen (secondary N) is 1. The molecule has 0 bridgehead atoms. The van der Waals surface area contributed by atoms with Gasteiger partial charge in [-0.2, -0.15) is 0 Å². The second-order valence-electron chi connectivity index (χ2n) is 6.16. The van der Waals surface area contributed by atoms with Gasteiger partial charge < -0.3 is 39.5 Å². The van der Waals surface area contributed by atoms with Crippen LogP contribution in [0.4, 0.5) is 10.5 Å². The van der Waals surface area contributed by atoms with Gasteiger partial charge in [-0.1, -0.05) is 6.07 Å². The lowest BCUT2D eigenvalue weighted by atomic mass is 9.99. The number of carboxylic acids is 1. The predicted octanol–water partition coefficient (Wildman–Crippen LogP) is -1.88. The molecule has 13 heteroatoms. The molecule has 0 amide bonds. The fourth-order valence-corrected chi connectivity index (χ4v) is 2.44. The van der Waals surface area contributed by atoms with Gasteiger partial charge in [-0.3, -0.25) is 9.59 Å². The van der Waals surface area contributed by atoms with Gasteiger partial charge in [0.2, 0.25) is 20.0 Å². The SMILES string of the molecule is BC(=O)OCc1ccc(OC2OC(C(=O)O)C(O)C(O)C2O)c(NOC(C)=O)c1. The van der Waals surface area contributed by atoms with E-state index < -0.39 is 48.5 Å². The number of aliphatic hydroxyl groups is 3. The molecule has 1 aromatic rings. The molecule has 5 atom stereocenters. The normalized spacial score (nSPS) is 26.3. The second kappa shape index (κ2) is 9.56. The van der Waals surface area contributed by atoms with Crippen molar-refractivity contribution < 1.29 is 53.9 Å². The number of hydrogen-bond donors (Lipinski definition) is 5. The average molecular weight is 413 g/mol. The molecule has 1 heterocycles. The number of carboxylic acid groups (broad SMARTS) is 1. The number of carbonyl (C=O) groups excluding carboxylic acids is 2. The Bertz CT molecular complexity index is 773. The van der Waals surface area contributed by atoms with Crippen LogP contribution < -0.4 is 10.2 Å². The highest BCUT2D eigenvalue weighted by Crippen LogP contribution is 2.31. The first-order chi connectivity index (χ1) is 13.6. The molecule has 158 valence electrons. The van der Waals surface area contributed by atoms with Crippen LogP contribution in [0.25, 0.3) is 0 Å². The van der Waals surface area contributed by atoms with Gasteiger partial charge in [0.15, 0.2) is 6.10 Å². The summed E-state index contributed by atoms with van der Waals surface area (Å²) in [5, 5.41) is 38.7. The largest absolute Gasteiger partial charge is 0.479 e. The van der Waals surface area contributed by atoms with E-state index in [1.807, 2.05) is 0 Å². The van der Waals surface area contributed by atoms with Crippen molar-refractivity contribution in [3.8, 4) is 5.75 Å². The maximum Gasteiger partial charge on any atom is 0.335 e. The van der Waals surface area contributed by atoms with Crippen molar-refractivity contribution in [2.24, 2.45) is 0 Å². The van der Waals surface area contributed by atoms with Crippen LogP contribution in [0.15, 0.2) is 18.2 Å². The number of aliphatic carboxylic acids is 1. The molecule has 12 nitrogen and oxygen atoms in total. The van der Waals surface area contributed by atoms with Crippen LogP contribution in [0.1, 0.15) is 12.5 Å². The molecule has 1 aliphatic heterocycles. The molecule has 1 aromatic carbocycles. The van der Waals surface area contributed by atoms with E-state index in [4.69, 9.17) is 24.2 Å². The van der Waals surface area contributed by atoms with Crippen molar-refractivity contribution in [2.45, 2.75) is 44.2 Å². The minimum Gasteiger partial charge on any atom is -0.479 e. The first-order valence-electron chi connectivity index (χ1n) is 8.39. The first-order valence-corrected chi connectivity index (χ1v) is 8.39. The van der Waals surface area contributed by atoms with E-state index in [1.165, 1.54) is 26.0 Å². The molecule has 1 saturated heterocycles. The van der Waals surface area contributed by atoms with Gasteiger partial charge in [-0.15, -0.1) is 0 Å². The van der Waals surface area contributed by atoms with Crippen LogP contribution in [-0.2, 0) is 30.5 Å². The van der Waals surface area contributed by atoms with Crippen LogP contribution in [0.3, 0.4) is 0 Å². The van der Waals surface area contributed by atoms with Crippen LogP contribution in [0, 0.1) is 0 Å². The highest BCUT2D eigenvalue weighted by Gasteiger charge is 2.48. The summed E-state index contributed by atoms with van der Waals surface area (Å²) >= 11 is 0. The van der Waals surface area contributed by atoms with Crippen LogP contribution in [0.5, 0.6) is 5.75 Å². The molecule has 1 fully saturated rings. The summed E-state index contributed by atoms with van der Waals surface area (Å²) in [5.74, 6) is -2.80. The molecule has 5 N–H and O–H groups in total. The zero-order valence-corrected chi connectivity index (χ0v) is 15.5. The summed E-state index contributed by atoms with van der Waals surface area (Å²) < 4.78 is 15.4. The minimum atomic E-state index is -1.87. The fraction of sp³-hybridized carbons (Fsp3) is 0.438. The lowest BCUT2D eigenvalue weighted by molar-refractivity contribution is -0.271. The van der Waals surface area contributed by atoms with Crippen molar-refractivity contribution >= 4 is 31.3 Å². The van der Waals surface area contributed by atoms with Crippen molar-refractivity contribution in [2.75, 3.05) is 5.48 Å². The van der Waals surface area contributed by atoms with Crippen LogP contribution in [0.2, 0.25) is 0 Å². The standard InChI is InChI=1S/C16H20BNO11/c1-6(19)29-18-8-4-7(5-26-16(17)25)2-3-9(8)27-15-12(22)10(20)11(21)13(28-15)14(23)24/h2-4,10-13,15,18,20-22H,5,17H2,1H3,(H,23,24). The molecule has 0 radical (unpaired) electrons.